The molecule has 1 aliphatic carbocycles. The summed E-state index contributed by atoms with van der Waals surface area (Å²) in [6.07, 6.45) is 11.1. The lowest BCUT2D eigenvalue weighted by Crippen LogP contribution is -2.50. The molecule has 1 saturated heterocycles. The molecular formula is C22H32ClN5. The fourth-order valence-electron chi connectivity index (χ4n) is 4.74. The van der Waals surface area contributed by atoms with Crippen molar-refractivity contribution in [3.8, 4) is 0 Å². The average molecular weight is 402 g/mol. The van der Waals surface area contributed by atoms with Gasteiger partial charge in [-0.2, -0.15) is 0 Å². The van der Waals surface area contributed by atoms with E-state index in [4.69, 9.17) is 11.6 Å². The first kappa shape index (κ1) is 19.6. The molecule has 0 unspecified atom stereocenters. The minimum absolute atomic E-state index is 0.524. The number of likely N-dealkylation sites (tertiary alicyclic amines) is 1. The Morgan fingerprint density at radius 3 is 2.75 bits per heavy atom. The minimum Gasteiger partial charge on any atom is -0.361 e. The highest BCUT2D eigenvalue weighted by Gasteiger charge is 2.27. The van der Waals surface area contributed by atoms with E-state index in [2.05, 4.69) is 31.7 Å². The van der Waals surface area contributed by atoms with Gasteiger partial charge in [-0.15, -0.1) is 0 Å². The Hall–Kier alpha value is -1.72. The molecule has 2 fully saturated rings. The molecule has 1 saturated carbocycles. The van der Waals surface area contributed by atoms with Crippen molar-refractivity contribution in [1.82, 2.24) is 20.5 Å². The number of hydrogen-bond donors (Lipinski definition) is 3. The third-order valence-electron chi connectivity index (χ3n) is 6.35. The largest absolute Gasteiger partial charge is 0.361 e. The van der Waals surface area contributed by atoms with Gasteiger partial charge in [0.2, 0.25) is 0 Å². The van der Waals surface area contributed by atoms with Crippen LogP contribution < -0.4 is 10.6 Å². The van der Waals surface area contributed by atoms with Crippen LogP contribution in [-0.2, 0) is 6.42 Å². The highest BCUT2D eigenvalue weighted by atomic mass is 35.5. The van der Waals surface area contributed by atoms with Crippen LogP contribution in [0.2, 0.25) is 5.02 Å². The predicted octanol–water partition coefficient (Wildman–Crippen LogP) is 3.94. The number of aromatic nitrogens is 1. The molecular weight excluding hydrogens is 370 g/mol. The van der Waals surface area contributed by atoms with Gasteiger partial charge in [-0.3, -0.25) is 4.99 Å². The van der Waals surface area contributed by atoms with E-state index >= 15 is 0 Å². The quantitative estimate of drug-likeness (QED) is 0.525. The number of fused-ring (bicyclic) bond motifs is 1. The van der Waals surface area contributed by atoms with Crippen LogP contribution in [0, 0.1) is 0 Å². The zero-order valence-corrected chi connectivity index (χ0v) is 17.6. The smallest absolute Gasteiger partial charge is 0.191 e. The molecule has 0 atom stereocenters. The molecule has 1 aliphatic heterocycles. The Morgan fingerprint density at radius 2 is 2.00 bits per heavy atom. The van der Waals surface area contributed by atoms with Gasteiger partial charge in [0.15, 0.2) is 5.96 Å². The van der Waals surface area contributed by atoms with Crippen molar-refractivity contribution in [2.75, 3.05) is 26.7 Å². The lowest BCUT2D eigenvalue weighted by molar-refractivity contribution is 0.150. The first-order valence-electron chi connectivity index (χ1n) is 10.7. The van der Waals surface area contributed by atoms with Gasteiger partial charge in [0.25, 0.3) is 0 Å². The Balaban J connectivity index is 1.23. The molecule has 0 bridgehead atoms. The molecule has 2 aliphatic rings. The second kappa shape index (κ2) is 9.19. The van der Waals surface area contributed by atoms with Crippen LogP contribution in [0.5, 0.6) is 0 Å². The normalized spacial score (nSPS) is 20.1. The van der Waals surface area contributed by atoms with Crippen LogP contribution in [0.4, 0.5) is 0 Å². The zero-order chi connectivity index (χ0) is 19.3. The Labute approximate surface area is 172 Å². The summed E-state index contributed by atoms with van der Waals surface area (Å²) >= 11 is 6.15. The Bertz CT molecular complexity index is 800. The summed E-state index contributed by atoms with van der Waals surface area (Å²) < 4.78 is 0. The molecule has 2 heterocycles. The van der Waals surface area contributed by atoms with Crippen LogP contribution in [0.25, 0.3) is 10.9 Å². The van der Waals surface area contributed by atoms with Crippen LogP contribution in [-0.4, -0.2) is 54.6 Å². The topological polar surface area (TPSA) is 55.5 Å². The standard InChI is InChI=1S/C22H32ClN5/c1-24-22(27-18-9-12-28(13-10-18)19-4-2-3-5-19)25-11-8-16-15-26-21-7-6-17(23)14-20(16)21/h6-7,14-15,18-19,26H,2-5,8-13H2,1H3,(H2,24,25,27). The third-order valence-corrected chi connectivity index (χ3v) is 6.59. The number of H-pyrrole nitrogens is 1. The maximum atomic E-state index is 6.15. The molecule has 6 heteroatoms. The maximum absolute atomic E-state index is 6.15. The van der Waals surface area contributed by atoms with E-state index in [9.17, 15) is 0 Å². The van der Waals surface area contributed by atoms with Gasteiger partial charge in [-0.05, 0) is 55.9 Å². The fraction of sp³-hybridized carbons (Fsp3) is 0.591. The molecule has 152 valence electrons. The number of nitrogens with zero attached hydrogens (tertiary/aromatic N) is 2. The molecule has 1 aromatic carbocycles. The SMILES string of the molecule is CN=C(NCCc1c[nH]c2ccc(Cl)cc12)NC1CCN(C2CCCC2)CC1. The highest BCUT2D eigenvalue weighted by molar-refractivity contribution is 6.31. The molecule has 5 nitrogen and oxygen atoms in total. The van der Waals surface area contributed by atoms with E-state index in [-0.39, 0.29) is 0 Å². The van der Waals surface area contributed by atoms with Crippen LogP contribution in [0.3, 0.4) is 0 Å². The second-order valence-corrected chi connectivity index (χ2v) is 8.58. The van der Waals surface area contributed by atoms with Crippen molar-refractivity contribution in [3.63, 3.8) is 0 Å². The van der Waals surface area contributed by atoms with E-state index in [0.717, 1.165) is 35.5 Å². The minimum atomic E-state index is 0.524. The Kier molecular flexibility index (Phi) is 6.43. The van der Waals surface area contributed by atoms with Crippen molar-refractivity contribution in [1.29, 1.82) is 0 Å². The van der Waals surface area contributed by atoms with E-state index in [0.29, 0.717) is 6.04 Å². The van der Waals surface area contributed by atoms with E-state index in [1.54, 1.807) is 0 Å². The maximum Gasteiger partial charge on any atom is 0.191 e. The summed E-state index contributed by atoms with van der Waals surface area (Å²) in [5.41, 5.74) is 2.42. The lowest BCUT2D eigenvalue weighted by Gasteiger charge is -2.36. The van der Waals surface area contributed by atoms with E-state index < -0.39 is 0 Å². The number of aromatic amines is 1. The number of halogens is 1. The highest BCUT2D eigenvalue weighted by Crippen LogP contribution is 2.26. The summed E-state index contributed by atoms with van der Waals surface area (Å²) in [5.74, 6) is 0.914. The number of nitrogens with one attached hydrogen (secondary N) is 3. The van der Waals surface area contributed by atoms with Gasteiger partial charge in [-0.25, -0.2) is 0 Å². The summed E-state index contributed by atoms with van der Waals surface area (Å²) in [6.45, 7) is 3.28. The monoisotopic (exact) mass is 401 g/mol. The van der Waals surface area contributed by atoms with Crippen molar-refractivity contribution in [2.24, 2.45) is 4.99 Å². The van der Waals surface area contributed by atoms with Crippen molar-refractivity contribution in [3.05, 3.63) is 35.0 Å². The first-order chi connectivity index (χ1) is 13.7. The molecule has 3 N–H and O–H groups in total. The number of piperidine rings is 1. The van der Waals surface area contributed by atoms with Crippen molar-refractivity contribution >= 4 is 28.5 Å². The molecule has 2 aromatic rings. The second-order valence-electron chi connectivity index (χ2n) is 8.15. The van der Waals surface area contributed by atoms with Crippen LogP contribution in [0.15, 0.2) is 29.4 Å². The van der Waals surface area contributed by atoms with Gasteiger partial charge in [0, 0.05) is 60.9 Å². The van der Waals surface area contributed by atoms with Gasteiger partial charge in [-0.1, -0.05) is 24.4 Å². The van der Waals surface area contributed by atoms with Gasteiger partial charge in [0.1, 0.15) is 0 Å². The molecule has 1 aromatic heterocycles. The number of guanidine groups is 1. The average Bonchev–Trinajstić information content (AvgIpc) is 3.38. The Morgan fingerprint density at radius 1 is 1.21 bits per heavy atom. The van der Waals surface area contributed by atoms with Gasteiger partial charge in [0.05, 0.1) is 0 Å². The number of benzene rings is 1. The zero-order valence-electron chi connectivity index (χ0n) is 16.8. The summed E-state index contributed by atoms with van der Waals surface area (Å²) in [5, 5.41) is 9.09. The summed E-state index contributed by atoms with van der Waals surface area (Å²) in [7, 11) is 1.86. The number of rotatable bonds is 5. The molecule has 0 spiro atoms. The van der Waals surface area contributed by atoms with Gasteiger partial charge >= 0.3 is 0 Å². The van der Waals surface area contributed by atoms with Crippen molar-refractivity contribution < 1.29 is 0 Å². The molecule has 4 rings (SSSR count). The number of aliphatic imine (C=N–C) groups is 1. The summed E-state index contributed by atoms with van der Waals surface area (Å²) in [6, 6.07) is 7.37. The third kappa shape index (κ3) is 4.64. The summed E-state index contributed by atoms with van der Waals surface area (Å²) in [4.78, 5) is 10.5. The molecule has 0 amide bonds. The molecule has 28 heavy (non-hydrogen) atoms. The van der Waals surface area contributed by atoms with Crippen LogP contribution >= 0.6 is 11.6 Å². The van der Waals surface area contributed by atoms with Crippen LogP contribution in [0.1, 0.15) is 44.1 Å². The van der Waals surface area contributed by atoms with Gasteiger partial charge < -0.3 is 20.5 Å². The van der Waals surface area contributed by atoms with E-state index in [1.165, 1.54) is 62.6 Å². The fourth-order valence-corrected chi connectivity index (χ4v) is 4.91. The predicted molar refractivity (Wildman–Crippen MR) is 118 cm³/mol. The first-order valence-corrected chi connectivity index (χ1v) is 11.1. The number of hydrogen-bond acceptors (Lipinski definition) is 2. The van der Waals surface area contributed by atoms with E-state index in [1.807, 2.05) is 25.2 Å². The van der Waals surface area contributed by atoms with Crippen molar-refractivity contribution in [2.45, 2.75) is 57.0 Å². The lowest BCUT2D eigenvalue weighted by atomic mass is 10.0. The molecule has 0 radical (unpaired) electrons.